The van der Waals surface area contributed by atoms with Crippen LogP contribution in [-0.2, 0) is 6.54 Å². The first-order valence-corrected chi connectivity index (χ1v) is 6.30. The van der Waals surface area contributed by atoms with Crippen molar-refractivity contribution in [1.82, 2.24) is 0 Å². The fourth-order valence-electron chi connectivity index (χ4n) is 1.49. The summed E-state index contributed by atoms with van der Waals surface area (Å²) in [5.74, 6) is 0.271. The quantitative estimate of drug-likeness (QED) is 0.879. The number of nitrogens with one attached hydrogen (secondary N) is 1. The molecule has 0 aliphatic carbocycles. The highest BCUT2D eigenvalue weighted by Crippen LogP contribution is 2.25. The monoisotopic (exact) mass is 311 g/mol. The standard InChI is InChI=1S/C13H11BrClNO/c14-10-5-6-13(17)9(7-10)8-16-12-4-2-1-3-11(12)15/h1-7,16-17H,8H2. The van der Waals surface area contributed by atoms with Crippen LogP contribution in [0.4, 0.5) is 5.69 Å². The molecule has 0 radical (unpaired) electrons. The van der Waals surface area contributed by atoms with E-state index in [0.717, 1.165) is 15.7 Å². The Kier molecular flexibility index (Phi) is 3.92. The Morgan fingerprint density at radius 2 is 1.94 bits per heavy atom. The molecule has 0 aliphatic heterocycles. The highest BCUT2D eigenvalue weighted by molar-refractivity contribution is 9.10. The van der Waals surface area contributed by atoms with Crippen molar-refractivity contribution in [3.8, 4) is 5.75 Å². The van der Waals surface area contributed by atoms with Crippen molar-refractivity contribution in [3.63, 3.8) is 0 Å². The minimum absolute atomic E-state index is 0.271. The van der Waals surface area contributed by atoms with Crippen molar-refractivity contribution in [2.45, 2.75) is 6.54 Å². The van der Waals surface area contributed by atoms with Gasteiger partial charge < -0.3 is 10.4 Å². The van der Waals surface area contributed by atoms with E-state index >= 15 is 0 Å². The highest BCUT2D eigenvalue weighted by Gasteiger charge is 2.03. The number of hydrogen-bond acceptors (Lipinski definition) is 2. The second-order valence-electron chi connectivity index (χ2n) is 3.61. The summed E-state index contributed by atoms with van der Waals surface area (Å²) in [4.78, 5) is 0. The summed E-state index contributed by atoms with van der Waals surface area (Å²) < 4.78 is 0.936. The van der Waals surface area contributed by atoms with E-state index in [4.69, 9.17) is 11.6 Å². The lowest BCUT2D eigenvalue weighted by Gasteiger charge is -2.09. The minimum Gasteiger partial charge on any atom is -0.508 e. The van der Waals surface area contributed by atoms with Crippen molar-refractivity contribution in [2.75, 3.05) is 5.32 Å². The van der Waals surface area contributed by atoms with Gasteiger partial charge in [-0.3, -0.25) is 0 Å². The molecular formula is C13H11BrClNO. The molecule has 0 aliphatic rings. The maximum absolute atomic E-state index is 9.69. The third-order valence-electron chi connectivity index (χ3n) is 2.38. The van der Waals surface area contributed by atoms with Gasteiger partial charge in [0.1, 0.15) is 5.75 Å². The molecule has 0 fully saturated rings. The number of phenolic OH excluding ortho intramolecular Hbond substituents is 1. The van der Waals surface area contributed by atoms with Crippen molar-refractivity contribution < 1.29 is 5.11 Å². The Balaban J connectivity index is 2.12. The van der Waals surface area contributed by atoms with Crippen molar-refractivity contribution in [3.05, 3.63) is 57.5 Å². The van der Waals surface area contributed by atoms with Gasteiger partial charge in [-0.1, -0.05) is 39.7 Å². The summed E-state index contributed by atoms with van der Waals surface area (Å²) in [6.45, 7) is 0.523. The van der Waals surface area contributed by atoms with Crippen LogP contribution in [0.3, 0.4) is 0 Å². The fourth-order valence-corrected chi connectivity index (χ4v) is 2.10. The van der Waals surface area contributed by atoms with Gasteiger partial charge in [0.15, 0.2) is 0 Å². The molecule has 2 aromatic carbocycles. The number of anilines is 1. The topological polar surface area (TPSA) is 32.3 Å². The first kappa shape index (κ1) is 12.3. The summed E-state index contributed by atoms with van der Waals surface area (Å²) in [6, 6.07) is 12.8. The van der Waals surface area contributed by atoms with Crippen LogP contribution >= 0.6 is 27.5 Å². The molecule has 2 nitrogen and oxygen atoms in total. The zero-order chi connectivity index (χ0) is 12.3. The van der Waals surface area contributed by atoms with E-state index in [2.05, 4.69) is 21.2 Å². The summed E-state index contributed by atoms with van der Waals surface area (Å²) >= 11 is 9.40. The summed E-state index contributed by atoms with van der Waals surface area (Å²) in [6.07, 6.45) is 0. The molecule has 0 heterocycles. The minimum atomic E-state index is 0.271. The average Bonchev–Trinajstić information content (AvgIpc) is 2.32. The number of phenols is 1. The van der Waals surface area contributed by atoms with Crippen LogP contribution in [0.25, 0.3) is 0 Å². The molecule has 0 saturated carbocycles. The molecule has 88 valence electrons. The molecule has 4 heteroatoms. The van der Waals surface area contributed by atoms with E-state index in [0.29, 0.717) is 11.6 Å². The van der Waals surface area contributed by atoms with E-state index in [1.165, 1.54) is 0 Å². The Labute approximate surface area is 113 Å². The molecule has 0 unspecified atom stereocenters. The maximum Gasteiger partial charge on any atom is 0.120 e. The molecule has 0 bridgehead atoms. The first-order valence-electron chi connectivity index (χ1n) is 5.12. The van der Waals surface area contributed by atoms with Crippen molar-refractivity contribution >= 4 is 33.2 Å². The Hall–Kier alpha value is -1.19. The molecule has 0 atom stereocenters. The van der Waals surface area contributed by atoms with Gasteiger partial charge in [0.2, 0.25) is 0 Å². The number of para-hydroxylation sites is 1. The fraction of sp³-hybridized carbons (Fsp3) is 0.0769. The zero-order valence-corrected chi connectivity index (χ0v) is 11.3. The van der Waals surface area contributed by atoms with Crippen LogP contribution in [0.2, 0.25) is 5.02 Å². The van der Waals surface area contributed by atoms with E-state index in [1.54, 1.807) is 12.1 Å². The number of aromatic hydroxyl groups is 1. The molecule has 0 amide bonds. The smallest absolute Gasteiger partial charge is 0.120 e. The SMILES string of the molecule is Oc1ccc(Br)cc1CNc1ccccc1Cl. The van der Waals surface area contributed by atoms with Crippen LogP contribution < -0.4 is 5.32 Å². The molecular weight excluding hydrogens is 302 g/mol. The summed E-state index contributed by atoms with van der Waals surface area (Å²) in [7, 11) is 0. The van der Waals surface area contributed by atoms with Crippen LogP contribution in [-0.4, -0.2) is 5.11 Å². The molecule has 0 aromatic heterocycles. The Morgan fingerprint density at radius 3 is 2.71 bits per heavy atom. The van der Waals surface area contributed by atoms with Crippen LogP contribution in [0.5, 0.6) is 5.75 Å². The third kappa shape index (κ3) is 3.14. The van der Waals surface area contributed by atoms with E-state index in [9.17, 15) is 5.11 Å². The van der Waals surface area contributed by atoms with Crippen LogP contribution in [0.15, 0.2) is 46.9 Å². The van der Waals surface area contributed by atoms with Gasteiger partial charge in [0, 0.05) is 16.6 Å². The second kappa shape index (κ2) is 5.43. The number of benzene rings is 2. The zero-order valence-electron chi connectivity index (χ0n) is 8.95. The van der Waals surface area contributed by atoms with Gasteiger partial charge in [0.25, 0.3) is 0 Å². The lowest BCUT2D eigenvalue weighted by atomic mass is 10.2. The van der Waals surface area contributed by atoms with Gasteiger partial charge in [0.05, 0.1) is 10.7 Å². The number of halogens is 2. The molecule has 0 saturated heterocycles. The molecule has 2 rings (SSSR count). The lowest BCUT2D eigenvalue weighted by molar-refractivity contribution is 0.469. The Morgan fingerprint density at radius 1 is 1.18 bits per heavy atom. The van der Waals surface area contributed by atoms with Gasteiger partial charge in [-0.2, -0.15) is 0 Å². The number of hydrogen-bond donors (Lipinski definition) is 2. The van der Waals surface area contributed by atoms with Crippen LogP contribution in [0, 0.1) is 0 Å². The largest absolute Gasteiger partial charge is 0.508 e. The van der Waals surface area contributed by atoms with Crippen molar-refractivity contribution in [2.24, 2.45) is 0 Å². The normalized spacial score (nSPS) is 10.2. The molecule has 2 N–H and O–H groups in total. The summed E-state index contributed by atoms with van der Waals surface area (Å²) in [5.41, 5.74) is 1.67. The van der Waals surface area contributed by atoms with Gasteiger partial charge in [-0.05, 0) is 30.3 Å². The van der Waals surface area contributed by atoms with Crippen molar-refractivity contribution in [1.29, 1.82) is 0 Å². The van der Waals surface area contributed by atoms with Gasteiger partial charge >= 0.3 is 0 Å². The van der Waals surface area contributed by atoms with Gasteiger partial charge in [-0.25, -0.2) is 0 Å². The molecule has 2 aromatic rings. The first-order chi connectivity index (χ1) is 8.16. The maximum atomic E-state index is 9.69. The van der Waals surface area contributed by atoms with Gasteiger partial charge in [-0.15, -0.1) is 0 Å². The average molecular weight is 313 g/mol. The highest BCUT2D eigenvalue weighted by atomic mass is 79.9. The third-order valence-corrected chi connectivity index (χ3v) is 3.21. The summed E-state index contributed by atoms with van der Waals surface area (Å²) in [5, 5.41) is 13.5. The predicted molar refractivity (Wildman–Crippen MR) is 74.6 cm³/mol. The van der Waals surface area contributed by atoms with E-state index < -0.39 is 0 Å². The lowest BCUT2D eigenvalue weighted by Crippen LogP contribution is -2.00. The van der Waals surface area contributed by atoms with E-state index in [-0.39, 0.29) is 5.75 Å². The molecule has 0 spiro atoms. The molecule has 17 heavy (non-hydrogen) atoms. The Bertz CT molecular complexity index is 531. The number of rotatable bonds is 3. The van der Waals surface area contributed by atoms with Crippen LogP contribution in [0.1, 0.15) is 5.56 Å². The second-order valence-corrected chi connectivity index (χ2v) is 4.93. The predicted octanol–water partition coefficient (Wildman–Crippen LogP) is 4.42. The van der Waals surface area contributed by atoms with E-state index in [1.807, 2.05) is 30.3 Å².